The van der Waals surface area contributed by atoms with Gasteiger partial charge in [0.25, 0.3) is 5.91 Å². The Balaban J connectivity index is 1.37. The summed E-state index contributed by atoms with van der Waals surface area (Å²) in [4.78, 5) is 21.4. The first-order chi connectivity index (χ1) is 18.3. The lowest BCUT2D eigenvalue weighted by Crippen LogP contribution is -2.32. The van der Waals surface area contributed by atoms with Gasteiger partial charge in [0.1, 0.15) is 17.8 Å². The van der Waals surface area contributed by atoms with Crippen LogP contribution in [0, 0.1) is 0 Å². The number of piperidine rings is 1. The lowest BCUT2D eigenvalue weighted by Gasteiger charge is -2.23. The monoisotopic (exact) mass is 525 g/mol. The summed E-state index contributed by atoms with van der Waals surface area (Å²) in [7, 11) is 0. The number of halogens is 3. The zero-order valence-corrected chi connectivity index (χ0v) is 19.9. The molecular formula is C25H22F3N7O3. The summed E-state index contributed by atoms with van der Waals surface area (Å²) < 4.78 is 51.9. The summed E-state index contributed by atoms with van der Waals surface area (Å²) in [5, 5.41) is 11.5. The maximum Gasteiger partial charge on any atom is 0.416 e. The molecule has 1 amide bonds. The summed E-state index contributed by atoms with van der Waals surface area (Å²) in [5.41, 5.74) is 7.49. The van der Waals surface area contributed by atoms with Crippen LogP contribution in [-0.4, -0.2) is 45.5 Å². The Bertz CT molecular complexity index is 1530. The van der Waals surface area contributed by atoms with Crippen LogP contribution in [0.15, 0.2) is 42.7 Å². The molecule has 38 heavy (non-hydrogen) atoms. The molecule has 10 nitrogen and oxygen atoms in total. The summed E-state index contributed by atoms with van der Waals surface area (Å²) >= 11 is 0. The number of carbonyl (C=O) groups is 1. The Morgan fingerprint density at radius 3 is 2.63 bits per heavy atom. The maximum absolute atomic E-state index is 12.9. The van der Waals surface area contributed by atoms with Crippen molar-refractivity contribution >= 4 is 28.4 Å². The van der Waals surface area contributed by atoms with Gasteiger partial charge >= 0.3 is 6.18 Å². The average Bonchev–Trinajstić information content (AvgIpc) is 3.56. The number of fused-ring (bicyclic) bond motifs is 2. The molecule has 0 radical (unpaired) electrons. The molecule has 4 aromatic rings. The fourth-order valence-corrected chi connectivity index (χ4v) is 4.77. The second-order valence-electron chi connectivity index (χ2n) is 9.01. The van der Waals surface area contributed by atoms with E-state index in [-0.39, 0.29) is 30.0 Å². The standard InChI is InChI=1S/C25H22F3N7O3/c26-25(27,28)14-5-3-13(4-6-14)24(36)33-17-8-7-16(20-21(17)38-12-37-20)19-18-22(29)31-11-32-23(18)35(34-19)15-2-1-9-30-10-15/h3-8,11,15,30H,1-2,9-10,12H2,(H,33,36)(H2,29,31,32)/t15-/m1/s1. The minimum absolute atomic E-state index is 0.0606. The highest BCUT2D eigenvalue weighted by molar-refractivity contribution is 6.06. The predicted octanol–water partition coefficient (Wildman–Crippen LogP) is 4.00. The Kier molecular flexibility index (Phi) is 5.79. The average molecular weight is 525 g/mol. The van der Waals surface area contributed by atoms with Gasteiger partial charge in [0.05, 0.1) is 22.7 Å². The van der Waals surface area contributed by atoms with Gasteiger partial charge in [-0.25, -0.2) is 14.6 Å². The van der Waals surface area contributed by atoms with Crippen molar-refractivity contribution in [3.8, 4) is 22.8 Å². The first-order valence-electron chi connectivity index (χ1n) is 11.9. The number of nitrogens with one attached hydrogen (secondary N) is 2. The molecule has 1 atom stereocenters. The molecule has 2 aromatic carbocycles. The zero-order chi connectivity index (χ0) is 26.4. The van der Waals surface area contributed by atoms with Gasteiger partial charge in [-0.2, -0.15) is 18.3 Å². The van der Waals surface area contributed by atoms with Crippen molar-refractivity contribution in [3.63, 3.8) is 0 Å². The number of anilines is 2. The Morgan fingerprint density at radius 2 is 1.89 bits per heavy atom. The summed E-state index contributed by atoms with van der Waals surface area (Å²) in [6.07, 6.45) is -1.16. The minimum atomic E-state index is -4.49. The molecule has 2 aliphatic heterocycles. The molecular weight excluding hydrogens is 503 g/mol. The van der Waals surface area contributed by atoms with E-state index < -0.39 is 17.6 Å². The summed E-state index contributed by atoms with van der Waals surface area (Å²) in [6.45, 7) is 1.59. The van der Waals surface area contributed by atoms with Crippen LogP contribution in [0.5, 0.6) is 11.5 Å². The second-order valence-corrected chi connectivity index (χ2v) is 9.01. The molecule has 0 unspecified atom stereocenters. The van der Waals surface area contributed by atoms with Crippen molar-refractivity contribution in [1.29, 1.82) is 0 Å². The number of amides is 1. The molecule has 6 rings (SSSR count). The first-order valence-corrected chi connectivity index (χ1v) is 11.9. The fraction of sp³-hybridized carbons (Fsp3) is 0.280. The smallest absolute Gasteiger partial charge is 0.416 e. The van der Waals surface area contributed by atoms with Crippen molar-refractivity contribution in [1.82, 2.24) is 25.1 Å². The van der Waals surface area contributed by atoms with Gasteiger partial charge in [0, 0.05) is 17.7 Å². The summed E-state index contributed by atoms with van der Waals surface area (Å²) in [6, 6.07) is 7.38. The molecule has 0 aliphatic carbocycles. The van der Waals surface area contributed by atoms with Crippen LogP contribution in [0.4, 0.5) is 24.7 Å². The minimum Gasteiger partial charge on any atom is -0.453 e. The van der Waals surface area contributed by atoms with Crippen molar-refractivity contribution in [2.45, 2.75) is 25.1 Å². The van der Waals surface area contributed by atoms with Gasteiger partial charge in [-0.05, 0) is 55.8 Å². The predicted molar refractivity (Wildman–Crippen MR) is 132 cm³/mol. The van der Waals surface area contributed by atoms with Crippen LogP contribution in [0.2, 0.25) is 0 Å². The topological polar surface area (TPSA) is 129 Å². The number of carbonyl (C=O) groups excluding carboxylic acids is 1. The third-order valence-corrected chi connectivity index (χ3v) is 6.63. The van der Waals surface area contributed by atoms with E-state index in [1.807, 2.05) is 4.68 Å². The number of aromatic nitrogens is 4. The molecule has 0 saturated carbocycles. The van der Waals surface area contributed by atoms with E-state index in [1.54, 1.807) is 12.1 Å². The second kappa shape index (κ2) is 9.17. The normalized spacial score (nSPS) is 17.1. The van der Waals surface area contributed by atoms with E-state index in [4.69, 9.17) is 20.3 Å². The van der Waals surface area contributed by atoms with Crippen molar-refractivity contribution < 1.29 is 27.4 Å². The van der Waals surface area contributed by atoms with E-state index in [2.05, 4.69) is 20.6 Å². The van der Waals surface area contributed by atoms with Crippen LogP contribution in [0.1, 0.15) is 34.8 Å². The van der Waals surface area contributed by atoms with Gasteiger partial charge in [-0.15, -0.1) is 0 Å². The number of nitrogen functional groups attached to an aromatic ring is 1. The van der Waals surface area contributed by atoms with Gasteiger partial charge in [0.15, 0.2) is 17.1 Å². The Morgan fingerprint density at radius 1 is 1.11 bits per heavy atom. The number of hydrogen-bond acceptors (Lipinski definition) is 8. The zero-order valence-electron chi connectivity index (χ0n) is 19.9. The van der Waals surface area contributed by atoms with Gasteiger partial charge < -0.3 is 25.8 Å². The van der Waals surface area contributed by atoms with E-state index in [9.17, 15) is 18.0 Å². The van der Waals surface area contributed by atoms with Crippen molar-refractivity contribution in [2.75, 3.05) is 30.9 Å². The molecule has 1 saturated heterocycles. The maximum atomic E-state index is 12.9. The quantitative estimate of drug-likeness (QED) is 0.365. The molecule has 1 fully saturated rings. The molecule has 4 N–H and O–H groups in total. The Labute approximate surface area is 214 Å². The van der Waals surface area contributed by atoms with Crippen molar-refractivity contribution in [2.24, 2.45) is 0 Å². The number of nitrogens with zero attached hydrogens (tertiary/aromatic N) is 4. The third-order valence-electron chi connectivity index (χ3n) is 6.63. The number of alkyl halides is 3. The van der Waals surface area contributed by atoms with E-state index in [0.29, 0.717) is 33.7 Å². The highest BCUT2D eigenvalue weighted by Gasteiger charge is 2.31. The van der Waals surface area contributed by atoms with E-state index in [0.717, 1.165) is 50.2 Å². The molecule has 2 aliphatic rings. The molecule has 0 spiro atoms. The van der Waals surface area contributed by atoms with Gasteiger partial charge in [-0.3, -0.25) is 4.79 Å². The van der Waals surface area contributed by atoms with Gasteiger partial charge in [-0.1, -0.05) is 0 Å². The number of benzene rings is 2. The molecule has 196 valence electrons. The number of ether oxygens (including phenoxy) is 2. The number of nitrogens with two attached hydrogens (primary N) is 1. The number of rotatable bonds is 4. The lowest BCUT2D eigenvalue weighted by atomic mass is 10.1. The van der Waals surface area contributed by atoms with E-state index in [1.165, 1.54) is 6.33 Å². The largest absolute Gasteiger partial charge is 0.453 e. The fourth-order valence-electron chi connectivity index (χ4n) is 4.77. The first kappa shape index (κ1) is 24.0. The molecule has 2 aromatic heterocycles. The number of hydrogen-bond donors (Lipinski definition) is 3. The summed E-state index contributed by atoms with van der Waals surface area (Å²) in [5.74, 6) is 0.306. The van der Waals surface area contributed by atoms with Crippen LogP contribution in [-0.2, 0) is 6.18 Å². The van der Waals surface area contributed by atoms with Crippen LogP contribution in [0.3, 0.4) is 0 Å². The van der Waals surface area contributed by atoms with Crippen molar-refractivity contribution in [3.05, 3.63) is 53.9 Å². The van der Waals surface area contributed by atoms with E-state index >= 15 is 0 Å². The lowest BCUT2D eigenvalue weighted by molar-refractivity contribution is -0.137. The Hall–Kier alpha value is -4.39. The third kappa shape index (κ3) is 4.14. The highest BCUT2D eigenvalue weighted by Crippen LogP contribution is 2.48. The van der Waals surface area contributed by atoms with Crippen LogP contribution >= 0.6 is 0 Å². The van der Waals surface area contributed by atoms with Gasteiger partial charge in [0.2, 0.25) is 6.79 Å². The SMILES string of the molecule is Nc1ncnc2c1c(-c1ccc(NC(=O)c3ccc(C(F)(F)F)cc3)c3c1OCO3)nn2[C@@H]1CCCNC1. The van der Waals surface area contributed by atoms with Crippen LogP contribution in [0.25, 0.3) is 22.3 Å². The van der Waals surface area contributed by atoms with Crippen LogP contribution < -0.4 is 25.8 Å². The highest BCUT2D eigenvalue weighted by atomic mass is 19.4. The molecule has 4 heterocycles. The molecule has 0 bridgehead atoms. The molecule has 13 heteroatoms.